The molecule has 0 bridgehead atoms. The van der Waals surface area contributed by atoms with Crippen LogP contribution >= 0.6 is 0 Å². The summed E-state index contributed by atoms with van der Waals surface area (Å²) in [6.45, 7) is 9.56. The minimum atomic E-state index is 0.148. The van der Waals surface area contributed by atoms with Crippen LogP contribution in [0.5, 0.6) is 0 Å². The van der Waals surface area contributed by atoms with Crippen molar-refractivity contribution in [2.24, 2.45) is 0 Å². The maximum atomic E-state index is 12.3. The second-order valence-corrected chi connectivity index (χ2v) is 5.36. The van der Waals surface area contributed by atoms with Crippen LogP contribution in [-0.2, 0) is 0 Å². The second kappa shape index (κ2) is 7.41. The highest BCUT2D eigenvalue weighted by atomic mass is 16.3. The molecule has 0 radical (unpaired) electrons. The average Bonchev–Trinajstić information content (AvgIpc) is 2.37. The quantitative estimate of drug-likeness (QED) is 0.769. The maximum Gasteiger partial charge on any atom is 0.176 e. The molecule has 0 spiro atoms. The SMILES string of the molecule is Cc1ccc(C(=O)CN(CCCO)C(C)C)cc1C. The molecule has 3 nitrogen and oxygen atoms in total. The lowest BCUT2D eigenvalue weighted by Crippen LogP contribution is -2.36. The zero-order valence-electron chi connectivity index (χ0n) is 12.4. The van der Waals surface area contributed by atoms with Crippen LogP contribution < -0.4 is 0 Å². The number of benzene rings is 1. The van der Waals surface area contributed by atoms with Gasteiger partial charge in [0, 0.05) is 24.8 Å². The molecule has 0 aliphatic rings. The number of ketones is 1. The number of Topliss-reactive ketones (excluding diaryl/α,β-unsaturated/α-hetero) is 1. The standard InChI is InChI=1S/C16H25NO2/c1-12(2)17(8-5-9-18)11-16(19)15-7-6-13(3)14(4)10-15/h6-7,10,12,18H,5,8-9,11H2,1-4H3. The number of aliphatic hydroxyl groups is 1. The predicted octanol–water partition coefficient (Wildman–Crippen LogP) is 2.58. The minimum absolute atomic E-state index is 0.148. The van der Waals surface area contributed by atoms with E-state index in [1.54, 1.807) is 0 Å². The minimum Gasteiger partial charge on any atom is -0.396 e. The van der Waals surface area contributed by atoms with Gasteiger partial charge in [0.15, 0.2) is 5.78 Å². The Morgan fingerprint density at radius 3 is 2.47 bits per heavy atom. The Kier molecular flexibility index (Phi) is 6.19. The number of hydrogen-bond donors (Lipinski definition) is 1. The van der Waals surface area contributed by atoms with Crippen LogP contribution in [-0.4, -0.2) is 41.5 Å². The van der Waals surface area contributed by atoms with Gasteiger partial charge in [-0.15, -0.1) is 0 Å². The van der Waals surface area contributed by atoms with Crippen molar-refractivity contribution in [3.63, 3.8) is 0 Å². The summed E-state index contributed by atoms with van der Waals surface area (Å²) in [4.78, 5) is 14.4. The van der Waals surface area contributed by atoms with Crippen LogP contribution in [0, 0.1) is 13.8 Å². The van der Waals surface area contributed by atoms with Gasteiger partial charge in [-0.3, -0.25) is 9.69 Å². The highest BCUT2D eigenvalue weighted by Gasteiger charge is 2.15. The molecule has 0 heterocycles. The van der Waals surface area contributed by atoms with Gasteiger partial charge >= 0.3 is 0 Å². The van der Waals surface area contributed by atoms with E-state index < -0.39 is 0 Å². The first-order valence-electron chi connectivity index (χ1n) is 6.91. The molecule has 19 heavy (non-hydrogen) atoms. The summed E-state index contributed by atoms with van der Waals surface area (Å²) >= 11 is 0. The normalized spacial score (nSPS) is 11.3. The van der Waals surface area contributed by atoms with Gasteiger partial charge in [0.05, 0.1) is 6.54 Å². The van der Waals surface area contributed by atoms with Crippen molar-refractivity contribution < 1.29 is 9.90 Å². The summed E-state index contributed by atoms with van der Waals surface area (Å²) in [5.74, 6) is 0.148. The zero-order valence-corrected chi connectivity index (χ0v) is 12.4. The smallest absolute Gasteiger partial charge is 0.176 e. The molecular formula is C16H25NO2. The molecule has 1 aromatic carbocycles. The molecule has 0 atom stereocenters. The van der Waals surface area contributed by atoms with Gasteiger partial charge in [-0.2, -0.15) is 0 Å². The van der Waals surface area contributed by atoms with Gasteiger partial charge in [-0.25, -0.2) is 0 Å². The fourth-order valence-corrected chi connectivity index (χ4v) is 1.98. The van der Waals surface area contributed by atoms with Crippen LogP contribution in [0.3, 0.4) is 0 Å². The monoisotopic (exact) mass is 263 g/mol. The maximum absolute atomic E-state index is 12.3. The van der Waals surface area contributed by atoms with E-state index in [2.05, 4.69) is 18.7 Å². The van der Waals surface area contributed by atoms with Crippen LogP contribution in [0.4, 0.5) is 0 Å². The van der Waals surface area contributed by atoms with Gasteiger partial charge in [0.2, 0.25) is 0 Å². The van der Waals surface area contributed by atoms with E-state index >= 15 is 0 Å². The number of carbonyl (C=O) groups excluding carboxylic acids is 1. The average molecular weight is 263 g/mol. The molecule has 0 amide bonds. The highest BCUT2D eigenvalue weighted by Crippen LogP contribution is 2.12. The van der Waals surface area contributed by atoms with Gasteiger partial charge in [0.1, 0.15) is 0 Å². The predicted molar refractivity (Wildman–Crippen MR) is 78.7 cm³/mol. The molecule has 0 saturated carbocycles. The summed E-state index contributed by atoms with van der Waals surface area (Å²) in [6, 6.07) is 6.16. The molecule has 0 aliphatic heterocycles. The number of aryl methyl sites for hydroxylation is 2. The summed E-state index contributed by atoms with van der Waals surface area (Å²) < 4.78 is 0. The third-order valence-electron chi connectivity index (χ3n) is 3.51. The Labute approximate surface area is 116 Å². The van der Waals surface area contributed by atoms with Crippen LogP contribution in [0.2, 0.25) is 0 Å². The summed E-state index contributed by atoms with van der Waals surface area (Å²) in [5.41, 5.74) is 3.13. The lowest BCUT2D eigenvalue weighted by atomic mass is 10.0. The van der Waals surface area contributed by atoms with Crippen LogP contribution in [0.25, 0.3) is 0 Å². The number of rotatable bonds is 7. The van der Waals surface area contributed by atoms with E-state index in [4.69, 9.17) is 5.11 Å². The third kappa shape index (κ3) is 4.77. The molecule has 1 N–H and O–H groups in total. The van der Waals surface area contributed by atoms with E-state index in [9.17, 15) is 4.79 Å². The molecule has 3 heteroatoms. The summed E-state index contributed by atoms with van der Waals surface area (Å²) in [6.07, 6.45) is 0.707. The Hall–Kier alpha value is -1.19. The number of aliphatic hydroxyl groups excluding tert-OH is 1. The van der Waals surface area contributed by atoms with Gasteiger partial charge in [0.25, 0.3) is 0 Å². The van der Waals surface area contributed by atoms with Crippen LogP contribution in [0.1, 0.15) is 41.8 Å². The van der Waals surface area contributed by atoms with Crippen molar-refractivity contribution in [2.45, 2.75) is 40.2 Å². The fourth-order valence-electron chi connectivity index (χ4n) is 1.98. The van der Waals surface area contributed by atoms with Gasteiger partial charge < -0.3 is 5.11 Å². The van der Waals surface area contributed by atoms with E-state index in [0.29, 0.717) is 19.0 Å². The first kappa shape index (κ1) is 15.9. The van der Waals surface area contributed by atoms with Crippen molar-refractivity contribution in [1.82, 2.24) is 4.90 Å². The van der Waals surface area contributed by atoms with Crippen molar-refractivity contribution in [2.75, 3.05) is 19.7 Å². The number of hydrogen-bond acceptors (Lipinski definition) is 3. The Morgan fingerprint density at radius 1 is 1.26 bits per heavy atom. The molecule has 1 aromatic rings. The molecule has 106 valence electrons. The fraction of sp³-hybridized carbons (Fsp3) is 0.562. The van der Waals surface area contributed by atoms with Gasteiger partial charge in [-0.05, 0) is 51.3 Å². The largest absolute Gasteiger partial charge is 0.396 e. The van der Waals surface area contributed by atoms with Crippen molar-refractivity contribution in [3.8, 4) is 0 Å². The van der Waals surface area contributed by atoms with E-state index in [0.717, 1.165) is 17.7 Å². The molecule has 1 rings (SSSR count). The molecule has 0 saturated heterocycles. The Bertz CT molecular complexity index is 427. The molecule has 0 aliphatic carbocycles. The van der Waals surface area contributed by atoms with E-state index in [1.165, 1.54) is 5.56 Å². The lowest BCUT2D eigenvalue weighted by molar-refractivity contribution is 0.0896. The lowest BCUT2D eigenvalue weighted by Gasteiger charge is -2.25. The third-order valence-corrected chi connectivity index (χ3v) is 3.51. The first-order chi connectivity index (χ1) is 8.95. The van der Waals surface area contributed by atoms with E-state index in [-0.39, 0.29) is 12.4 Å². The summed E-state index contributed by atoms with van der Waals surface area (Å²) in [5, 5.41) is 8.90. The zero-order chi connectivity index (χ0) is 14.4. The first-order valence-corrected chi connectivity index (χ1v) is 6.91. The Morgan fingerprint density at radius 2 is 1.95 bits per heavy atom. The van der Waals surface area contributed by atoms with Gasteiger partial charge in [-0.1, -0.05) is 12.1 Å². The van der Waals surface area contributed by atoms with Crippen molar-refractivity contribution in [1.29, 1.82) is 0 Å². The molecular weight excluding hydrogens is 238 g/mol. The number of nitrogens with zero attached hydrogens (tertiary/aromatic N) is 1. The summed E-state index contributed by atoms with van der Waals surface area (Å²) in [7, 11) is 0. The molecule has 0 unspecified atom stereocenters. The topological polar surface area (TPSA) is 40.5 Å². The van der Waals surface area contributed by atoms with Crippen LogP contribution in [0.15, 0.2) is 18.2 Å². The highest BCUT2D eigenvalue weighted by molar-refractivity contribution is 5.97. The van der Waals surface area contributed by atoms with Crippen molar-refractivity contribution >= 4 is 5.78 Å². The van der Waals surface area contributed by atoms with Crippen molar-refractivity contribution in [3.05, 3.63) is 34.9 Å². The molecule has 0 aromatic heterocycles. The van der Waals surface area contributed by atoms with E-state index in [1.807, 2.05) is 32.0 Å². The Balaban J connectivity index is 2.73. The second-order valence-electron chi connectivity index (χ2n) is 5.36. The molecule has 0 fully saturated rings. The number of carbonyl (C=O) groups is 1.